The highest BCUT2D eigenvalue weighted by molar-refractivity contribution is 7.99. The van der Waals surface area contributed by atoms with Crippen LogP contribution in [0.3, 0.4) is 0 Å². The Morgan fingerprint density at radius 1 is 1.38 bits per heavy atom. The standard InChI is InChI=1S/C12H20N2OS/c1-14-8-12(7-13)16-9-10-3-5-11(15-2)6-4-10/h3-6,12,14H,7-9,13H2,1-2H3. The van der Waals surface area contributed by atoms with Gasteiger partial charge in [-0.15, -0.1) is 0 Å². The number of rotatable bonds is 7. The first-order valence-electron chi connectivity index (χ1n) is 5.39. The minimum absolute atomic E-state index is 0.479. The number of methoxy groups -OCH3 is 1. The third-order valence-electron chi connectivity index (χ3n) is 2.34. The Kier molecular flexibility index (Phi) is 6.30. The topological polar surface area (TPSA) is 47.3 Å². The second-order valence-electron chi connectivity index (χ2n) is 3.57. The van der Waals surface area contributed by atoms with Gasteiger partial charge in [0.15, 0.2) is 0 Å². The van der Waals surface area contributed by atoms with E-state index in [1.54, 1.807) is 7.11 Å². The highest BCUT2D eigenvalue weighted by Gasteiger charge is 2.05. The smallest absolute Gasteiger partial charge is 0.118 e. The molecule has 1 aromatic rings. The molecule has 0 aliphatic heterocycles. The summed E-state index contributed by atoms with van der Waals surface area (Å²) in [5.74, 6) is 1.90. The van der Waals surface area contributed by atoms with Crippen LogP contribution in [-0.2, 0) is 5.75 Å². The maximum Gasteiger partial charge on any atom is 0.118 e. The first kappa shape index (κ1) is 13.4. The summed E-state index contributed by atoms with van der Waals surface area (Å²) in [6, 6.07) is 8.18. The van der Waals surface area contributed by atoms with E-state index in [9.17, 15) is 0 Å². The molecule has 0 spiro atoms. The van der Waals surface area contributed by atoms with Crippen LogP contribution in [0.4, 0.5) is 0 Å². The highest BCUT2D eigenvalue weighted by atomic mass is 32.2. The fraction of sp³-hybridized carbons (Fsp3) is 0.500. The average Bonchev–Trinajstić information content (AvgIpc) is 2.35. The van der Waals surface area contributed by atoms with Crippen molar-refractivity contribution in [2.45, 2.75) is 11.0 Å². The summed E-state index contributed by atoms with van der Waals surface area (Å²) >= 11 is 1.88. The molecule has 0 radical (unpaired) electrons. The molecule has 0 aromatic heterocycles. The van der Waals surface area contributed by atoms with Gasteiger partial charge in [-0.25, -0.2) is 0 Å². The molecule has 1 rings (SSSR count). The first-order chi connectivity index (χ1) is 7.80. The van der Waals surface area contributed by atoms with E-state index >= 15 is 0 Å². The SMILES string of the molecule is CNCC(CN)SCc1ccc(OC)cc1. The summed E-state index contributed by atoms with van der Waals surface area (Å²) in [4.78, 5) is 0. The van der Waals surface area contributed by atoms with Crippen molar-refractivity contribution in [3.05, 3.63) is 29.8 Å². The molecule has 3 nitrogen and oxygen atoms in total. The van der Waals surface area contributed by atoms with E-state index in [-0.39, 0.29) is 0 Å². The molecule has 0 fully saturated rings. The molecule has 0 saturated heterocycles. The zero-order valence-corrected chi connectivity index (χ0v) is 10.7. The fourth-order valence-electron chi connectivity index (χ4n) is 1.37. The van der Waals surface area contributed by atoms with Crippen molar-refractivity contribution in [2.75, 3.05) is 27.2 Å². The van der Waals surface area contributed by atoms with Crippen molar-refractivity contribution in [3.63, 3.8) is 0 Å². The molecule has 1 atom stereocenters. The van der Waals surface area contributed by atoms with Crippen LogP contribution < -0.4 is 15.8 Å². The number of nitrogens with one attached hydrogen (secondary N) is 1. The lowest BCUT2D eigenvalue weighted by Crippen LogP contribution is -2.28. The van der Waals surface area contributed by atoms with Gasteiger partial charge in [0.1, 0.15) is 5.75 Å². The van der Waals surface area contributed by atoms with E-state index in [0.29, 0.717) is 11.8 Å². The zero-order chi connectivity index (χ0) is 11.8. The van der Waals surface area contributed by atoms with Crippen molar-refractivity contribution >= 4 is 11.8 Å². The lowest BCUT2D eigenvalue weighted by Gasteiger charge is -2.13. The number of benzene rings is 1. The maximum absolute atomic E-state index is 5.69. The van der Waals surface area contributed by atoms with Crippen LogP contribution in [0.1, 0.15) is 5.56 Å². The monoisotopic (exact) mass is 240 g/mol. The van der Waals surface area contributed by atoms with Crippen molar-refractivity contribution in [1.29, 1.82) is 0 Å². The molecule has 0 amide bonds. The maximum atomic E-state index is 5.69. The normalized spacial score (nSPS) is 12.4. The molecule has 1 unspecified atom stereocenters. The van der Waals surface area contributed by atoms with Gasteiger partial charge in [0, 0.05) is 24.1 Å². The van der Waals surface area contributed by atoms with Gasteiger partial charge in [0.2, 0.25) is 0 Å². The third-order valence-corrected chi connectivity index (χ3v) is 3.67. The summed E-state index contributed by atoms with van der Waals surface area (Å²) in [5, 5.41) is 3.63. The molecule has 0 aliphatic carbocycles. The Morgan fingerprint density at radius 3 is 2.56 bits per heavy atom. The van der Waals surface area contributed by atoms with Gasteiger partial charge in [0.25, 0.3) is 0 Å². The largest absolute Gasteiger partial charge is 0.497 e. The third kappa shape index (κ3) is 4.43. The van der Waals surface area contributed by atoms with E-state index < -0.39 is 0 Å². The second kappa shape index (κ2) is 7.54. The molecular weight excluding hydrogens is 220 g/mol. The Bertz CT molecular complexity index is 290. The summed E-state index contributed by atoms with van der Waals surface area (Å²) < 4.78 is 5.12. The highest BCUT2D eigenvalue weighted by Crippen LogP contribution is 2.19. The average molecular weight is 240 g/mol. The molecule has 0 heterocycles. The van der Waals surface area contributed by atoms with Gasteiger partial charge in [-0.1, -0.05) is 12.1 Å². The van der Waals surface area contributed by atoms with E-state index in [4.69, 9.17) is 10.5 Å². The van der Waals surface area contributed by atoms with Crippen LogP contribution in [0.15, 0.2) is 24.3 Å². The van der Waals surface area contributed by atoms with Crippen molar-refractivity contribution in [2.24, 2.45) is 5.73 Å². The fourth-order valence-corrected chi connectivity index (χ4v) is 2.42. The minimum Gasteiger partial charge on any atom is -0.497 e. The van der Waals surface area contributed by atoms with E-state index in [1.165, 1.54) is 5.56 Å². The summed E-state index contributed by atoms with van der Waals surface area (Å²) in [6.45, 7) is 1.67. The van der Waals surface area contributed by atoms with Crippen molar-refractivity contribution < 1.29 is 4.74 Å². The van der Waals surface area contributed by atoms with Gasteiger partial charge in [0.05, 0.1) is 7.11 Å². The van der Waals surface area contributed by atoms with Crippen LogP contribution in [0.25, 0.3) is 0 Å². The van der Waals surface area contributed by atoms with Crippen LogP contribution in [0.5, 0.6) is 5.75 Å². The lowest BCUT2D eigenvalue weighted by atomic mass is 10.2. The van der Waals surface area contributed by atoms with Crippen LogP contribution in [-0.4, -0.2) is 32.5 Å². The van der Waals surface area contributed by atoms with Crippen LogP contribution in [0, 0.1) is 0 Å². The number of hydrogen-bond acceptors (Lipinski definition) is 4. The molecule has 4 heteroatoms. The first-order valence-corrected chi connectivity index (χ1v) is 6.44. The van der Waals surface area contributed by atoms with Gasteiger partial charge >= 0.3 is 0 Å². The van der Waals surface area contributed by atoms with Crippen LogP contribution >= 0.6 is 11.8 Å². The minimum atomic E-state index is 0.479. The zero-order valence-electron chi connectivity index (χ0n) is 9.90. The Hall–Kier alpha value is -0.710. The number of thioether (sulfide) groups is 1. The molecule has 0 bridgehead atoms. The molecule has 0 aliphatic rings. The van der Waals surface area contributed by atoms with E-state index in [1.807, 2.05) is 30.9 Å². The van der Waals surface area contributed by atoms with Crippen molar-refractivity contribution in [1.82, 2.24) is 5.32 Å². The molecular formula is C12H20N2OS. The van der Waals surface area contributed by atoms with Gasteiger partial charge in [-0.3, -0.25) is 0 Å². The molecule has 1 aromatic carbocycles. The number of nitrogens with two attached hydrogens (primary N) is 1. The Labute approximate surface area is 102 Å². The molecule has 90 valence electrons. The van der Waals surface area contributed by atoms with E-state index in [0.717, 1.165) is 18.0 Å². The van der Waals surface area contributed by atoms with Gasteiger partial charge in [-0.2, -0.15) is 11.8 Å². The summed E-state index contributed by atoms with van der Waals surface area (Å²) in [6.07, 6.45) is 0. The Balaban J connectivity index is 2.40. The predicted octanol–water partition coefficient (Wildman–Crippen LogP) is 1.48. The molecule has 16 heavy (non-hydrogen) atoms. The Morgan fingerprint density at radius 2 is 2.06 bits per heavy atom. The van der Waals surface area contributed by atoms with Crippen molar-refractivity contribution in [3.8, 4) is 5.75 Å². The number of ether oxygens (including phenoxy) is 1. The predicted molar refractivity (Wildman–Crippen MR) is 71.1 cm³/mol. The van der Waals surface area contributed by atoms with Gasteiger partial charge < -0.3 is 15.8 Å². The molecule has 3 N–H and O–H groups in total. The summed E-state index contributed by atoms with van der Waals surface area (Å²) in [5.41, 5.74) is 6.99. The van der Waals surface area contributed by atoms with E-state index in [2.05, 4.69) is 17.4 Å². The van der Waals surface area contributed by atoms with Crippen LogP contribution in [0.2, 0.25) is 0 Å². The number of hydrogen-bond donors (Lipinski definition) is 2. The summed E-state index contributed by atoms with van der Waals surface area (Å²) in [7, 11) is 3.64. The van der Waals surface area contributed by atoms with Gasteiger partial charge in [-0.05, 0) is 24.7 Å². The molecule has 0 saturated carbocycles. The lowest BCUT2D eigenvalue weighted by molar-refractivity contribution is 0.414. The second-order valence-corrected chi connectivity index (χ2v) is 4.86. The quantitative estimate of drug-likeness (QED) is 0.758.